The van der Waals surface area contributed by atoms with Crippen LogP contribution in [0.4, 0.5) is 0 Å². The van der Waals surface area contributed by atoms with Crippen LogP contribution in [0.2, 0.25) is 0 Å². The number of hydrogen-bond acceptors (Lipinski definition) is 3. The second-order valence-electron chi connectivity index (χ2n) is 3.51. The quantitative estimate of drug-likeness (QED) is 0.879. The lowest BCUT2D eigenvalue weighted by atomic mass is 10.1. The number of methoxy groups -OCH3 is 2. The third kappa shape index (κ3) is 2.30. The van der Waals surface area contributed by atoms with E-state index in [1.807, 2.05) is 0 Å². The first-order valence-corrected chi connectivity index (χ1v) is 5.15. The minimum atomic E-state index is -0.136. The monoisotopic (exact) mass is 231 g/mol. The second kappa shape index (κ2) is 4.74. The average Bonchev–Trinajstić information content (AvgIpc) is 2.38. The van der Waals surface area contributed by atoms with Gasteiger partial charge in [-0.1, -0.05) is 0 Å². The van der Waals surface area contributed by atoms with E-state index < -0.39 is 0 Å². The summed E-state index contributed by atoms with van der Waals surface area (Å²) in [6.45, 7) is 0. The van der Waals surface area contributed by atoms with Crippen molar-refractivity contribution in [3.63, 3.8) is 0 Å². The summed E-state index contributed by atoms with van der Waals surface area (Å²) in [5.41, 5.74) is 1.22. The highest BCUT2D eigenvalue weighted by Crippen LogP contribution is 2.27. The number of aromatic nitrogens is 1. The maximum atomic E-state index is 11.7. The van der Waals surface area contributed by atoms with Crippen molar-refractivity contribution in [2.75, 3.05) is 14.2 Å². The molecule has 0 radical (unpaired) electrons. The van der Waals surface area contributed by atoms with Crippen LogP contribution in [0.15, 0.2) is 41.3 Å². The van der Waals surface area contributed by atoms with Crippen LogP contribution in [0.1, 0.15) is 0 Å². The van der Waals surface area contributed by atoms with E-state index in [1.54, 1.807) is 50.7 Å². The number of hydrogen-bond donors (Lipinski definition) is 1. The van der Waals surface area contributed by atoms with Gasteiger partial charge in [0.15, 0.2) is 0 Å². The molecular formula is C13H13NO3. The Kier molecular flexibility index (Phi) is 3.14. The molecule has 1 aromatic carbocycles. The molecule has 2 aromatic rings. The number of pyridine rings is 1. The molecule has 17 heavy (non-hydrogen) atoms. The summed E-state index contributed by atoms with van der Waals surface area (Å²) in [7, 11) is 3.15. The van der Waals surface area contributed by atoms with Gasteiger partial charge in [0, 0.05) is 17.8 Å². The topological polar surface area (TPSA) is 51.3 Å². The molecular weight excluding hydrogens is 218 g/mol. The van der Waals surface area contributed by atoms with Gasteiger partial charge < -0.3 is 14.5 Å². The molecule has 1 heterocycles. The van der Waals surface area contributed by atoms with Crippen LogP contribution >= 0.6 is 0 Å². The Labute approximate surface area is 98.8 Å². The first-order valence-electron chi connectivity index (χ1n) is 5.15. The highest BCUT2D eigenvalue weighted by Gasteiger charge is 2.06. The smallest absolute Gasteiger partial charge is 0.255 e. The van der Waals surface area contributed by atoms with Crippen LogP contribution < -0.4 is 15.0 Å². The van der Waals surface area contributed by atoms with Gasteiger partial charge in [0.25, 0.3) is 5.56 Å². The van der Waals surface area contributed by atoms with E-state index in [0.717, 1.165) is 5.56 Å². The predicted molar refractivity (Wildman–Crippen MR) is 65.6 cm³/mol. The molecule has 0 atom stereocenters. The van der Waals surface area contributed by atoms with Crippen LogP contribution in [-0.4, -0.2) is 19.2 Å². The van der Waals surface area contributed by atoms with Crippen LogP contribution in [-0.2, 0) is 0 Å². The van der Waals surface area contributed by atoms with Crippen molar-refractivity contribution in [3.05, 3.63) is 46.9 Å². The summed E-state index contributed by atoms with van der Waals surface area (Å²) in [5.74, 6) is 1.31. The molecule has 0 aliphatic rings. The number of aromatic amines is 1. The van der Waals surface area contributed by atoms with Crippen molar-refractivity contribution in [3.8, 4) is 22.6 Å². The zero-order valence-corrected chi connectivity index (χ0v) is 9.69. The maximum absolute atomic E-state index is 11.7. The molecule has 1 N–H and O–H groups in total. The Bertz CT molecular complexity index is 553. The first kappa shape index (κ1) is 11.3. The van der Waals surface area contributed by atoms with Gasteiger partial charge in [-0.05, 0) is 29.8 Å². The van der Waals surface area contributed by atoms with E-state index in [1.165, 1.54) is 0 Å². The molecule has 1 aromatic heterocycles. The summed E-state index contributed by atoms with van der Waals surface area (Å²) < 4.78 is 10.3. The SMILES string of the molecule is COc1cc(OC)cc(-c2ccc[nH]c2=O)c1. The largest absolute Gasteiger partial charge is 0.497 e. The van der Waals surface area contributed by atoms with Gasteiger partial charge in [-0.2, -0.15) is 0 Å². The normalized spacial score (nSPS) is 10.0. The van der Waals surface area contributed by atoms with Crippen molar-refractivity contribution < 1.29 is 9.47 Å². The Balaban J connectivity index is 2.59. The lowest BCUT2D eigenvalue weighted by Gasteiger charge is -2.07. The standard InChI is InChI=1S/C13H13NO3/c1-16-10-6-9(7-11(8-10)17-2)12-4-3-5-14-13(12)15/h3-8H,1-2H3,(H,14,15). The molecule has 0 aliphatic carbocycles. The van der Waals surface area contributed by atoms with Crippen molar-refractivity contribution in [2.45, 2.75) is 0 Å². The number of ether oxygens (including phenoxy) is 2. The molecule has 0 amide bonds. The van der Waals surface area contributed by atoms with E-state index in [2.05, 4.69) is 4.98 Å². The Morgan fingerprint density at radius 1 is 1.06 bits per heavy atom. The molecule has 0 fully saturated rings. The molecule has 4 heteroatoms. The highest BCUT2D eigenvalue weighted by atomic mass is 16.5. The van der Waals surface area contributed by atoms with E-state index >= 15 is 0 Å². The fraction of sp³-hybridized carbons (Fsp3) is 0.154. The van der Waals surface area contributed by atoms with E-state index in [4.69, 9.17) is 9.47 Å². The fourth-order valence-electron chi connectivity index (χ4n) is 1.61. The van der Waals surface area contributed by atoms with Gasteiger partial charge in [-0.25, -0.2) is 0 Å². The number of nitrogens with one attached hydrogen (secondary N) is 1. The Hall–Kier alpha value is -2.23. The lowest BCUT2D eigenvalue weighted by molar-refractivity contribution is 0.394. The molecule has 2 rings (SSSR count). The molecule has 0 saturated heterocycles. The van der Waals surface area contributed by atoms with Gasteiger partial charge in [-0.3, -0.25) is 4.79 Å². The van der Waals surface area contributed by atoms with Gasteiger partial charge in [0.05, 0.1) is 14.2 Å². The third-order valence-corrected chi connectivity index (χ3v) is 2.48. The average molecular weight is 231 g/mol. The minimum Gasteiger partial charge on any atom is -0.497 e. The van der Waals surface area contributed by atoms with Crippen LogP contribution in [0.5, 0.6) is 11.5 Å². The van der Waals surface area contributed by atoms with Gasteiger partial charge in [0.1, 0.15) is 11.5 Å². The Morgan fingerprint density at radius 2 is 1.71 bits per heavy atom. The molecule has 0 aliphatic heterocycles. The number of benzene rings is 1. The van der Waals surface area contributed by atoms with Crippen LogP contribution in [0.25, 0.3) is 11.1 Å². The van der Waals surface area contributed by atoms with Gasteiger partial charge in [0.2, 0.25) is 0 Å². The maximum Gasteiger partial charge on any atom is 0.255 e. The highest BCUT2D eigenvalue weighted by molar-refractivity contribution is 5.66. The molecule has 0 saturated carbocycles. The van der Waals surface area contributed by atoms with Crippen molar-refractivity contribution in [1.29, 1.82) is 0 Å². The number of rotatable bonds is 3. The lowest BCUT2D eigenvalue weighted by Crippen LogP contribution is -2.07. The molecule has 88 valence electrons. The third-order valence-electron chi connectivity index (χ3n) is 2.48. The minimum absolute atomic E-state index is 0.136. The van der Waals surface area contributed by atoms with Gasteiger partial charge >= 0.3 is 0 Å². The summed E-state index contributed by atoms with van der Waals surface area (Å²) in [6, 6.07) is 8.90. The summed E-state index contributed by atoms with van der Waals surface area (Å²) >= 11 is 0. The summed E-state index contributed by atoms with van der Waals surface area (Å²) in [4.78, 5) is 14.3. The molecule has 0 spiro atoms. The summed E-state index contributed by atoms with van der Waals surface area (Å²) in [5, 5.41) is 0. The van der Waals surface area contributed by atoms with Crippen molar-refractivity contribution in [2.24, 2.45) is 0 Å². The van der Waals surface area contributed by atoms with Crippen LogP contribution in [0, 0.1) is 0 Å². The summed E-state index contributed by atoms with van der Waals surface area (Å²) in [6.07, 6.45) is 1.60. The van der Waals surface area contributed by atoms with Gasteiger partial charge in [-0.15, -0.1) is 0 Å². The first-order chi connectivity index (χ1) is 8.24. The number of H-pyrrole nitrogens is 1. The molecule has 0 bridgehead atoms. The van der Waals surface area contributed by atoms with Crippen LogP contribution in [0.3, 0.4) is 0 Å². The van der Waals surface area contributed by atoms with E-state index in [0.29, 0.717) is 17.1 Å². The predicted octanol–water partition coefficient (Wildman–Crippen LogP) is 2.06. The van der Waals surface area contributed by atoms with E-state index in [-0.39, 0.29) is 5.56 Å². The zero-order valence-electron chi connectivity index (χ0n) is 9.69. The second-order valence-corrected chi connectivity index (χ2v) is 3.51. The van der Waals surface area contributed by atoms with E-state index in [9.17, 15) is 4.79 Å². The fourth-order valence-corrected chi connectivity index (χ4v) is 1.61. The van der Waals surface area contributed by atoms with Crippen molar-refractivity contribution >= 4 is 0 Å². The molecule has 4 nitrogen and oxygen atoms in total. The molecule has 0 unspecified atom stereocenters. The Morgan fingerprint density at radius 3 is 2.24 bits per heavy atom. The van der Waals surface area contributed by atoms with Crippen molar-refractivity contribution in [1.82, 2.24) is 4.98 Å². The zero-order chi connectivity index (χ0) is 12.3.